The maximum Gasteiger partial charge on any atom is 0.251 e. The summed E-state index contributed by atoms with van der Waals surface area (Å²) in [5.41, 5.74) is 0.966. The number of hydrogen-bond acceptors (Lipinski definition) is 4. The summed E-state index contributed by atoms with van der Waals surface area (Å²) in [5.74, 6) is -0.192. The van der Waals surface area contributed by atoms with Crippen LogP contribution in [0.4, 0.5) is 0 Å². The highest BCUT2D eigenvalue weighted by Crippen LogP contribution is 2.10. The number of rotatable bonds is 5. The van der Waals surface area contributed by atoms with Gasteiger partial charge in [0.15, 0.2) is 0 Å². The Morgan fingerprint density at radius 3 is 2.59 bits per heavy atom. The minimum absolute atomic E-state index is 0.115. The molecule has 1 amide bonds. The summed E-state index contributed by atoms with van der Waals surface area (Å²) in [7, 11) is 0. The highest BCUT2D eigenvalue weighted by atomic mass is 16.3. The Bertz CT molecular complexity index is 466. The maximum absolute atomic E-state index is 12.4. The first kappa shape index (κ1) is 16.9. The van der Waals surface area contributed by atoms with Crippen molar-refractivity contribution in [2.75, 3.05) is 32.8 Å². The van der Waals surface area contributed by atoms with Crippen molar-refractivity contribution in [3.8, 4) is 0 Å². The van der Waals surface area contributed by atoms with Crippen LogP contribution in [0.25, 0.3) is 0 Å². The molecular weight excluding hydrogens is 280 g/mol. The summed E-state index contributed by atoms with van der Waals surface area (Å²) in [6, 6.07) is 9.69. The van der Waals surface area contributed by atoms with Crippen molar-refractivity contribution >= 4 is 5.91 Å². The fourth-order valence-corrected chi connectivity index (χ4v) is 2.85. The Morgan fingerprint density at radius 2 is 1.91 bits per heavy atom. The van der Waals surface area contributed by atoms with E-state index in [-0.39, 0.29) is 18.6 Å². The lowest BCUT2D eigenvalue weighted by Crippen LogP contribution is -2.43. The van der Waals surface area contributed by atoms with Gasteiger partial charge >= 0.3 is 0 Å². The second kappa shape index (κ2) is 8.27. The highest BCUT2D eigenvalue weighted by Gasteiger charge is 2.25. The Hall–Kier alpha value is -1.43. The van der Waals surface area contributed by atoms with Crippen LogP contribution >= 0.6 is 0 Å². The first-order valence-electron chi connectivity index (χ1n) is 7.97. The number of aliphatic hydroxyl groups excluding tert-OH is 2. The van der Waals surface area contributed by atoms with Gasteiger partial charge in [0.2, 0.25) is 0 Å². The van der Waals surface area contributed by atoms with E-state index in [4.69, 9.17) is 0 Å². The lowest BCUT2D eigenvalue weighted by molar-refractivity contribution is -0.140. The molecule has 122 valence electrons. The molecule has 1 fully saturated rings. The molecule has 0 aromatic heterocycles. The molecule has 5 heteroatoms. The summed E-state index contributed by atoms with van der Waals surface area (Å²) in [6.45, 7) is 5.01. The molecule has 1 saturated heterocycles. The van der Waals surface area contributed by atoms with Crippen LogP contribution in [0, 0.1) is 0 Å². The monoisotopic (exact) mass is 306 g/mol. The molecule has 0 unspecified atom stereocenters. The first-order chi connectivity index (χ1) is 10.6. The second-order valence-electron chi connectivity index (χ2n) is 5.95. The van der Waals surface area contributed by atoms with Gasteiger partial charge in [-0.25, -0.2) is 0 Å². The van der Waals surface area contributed by atoms with Gasteiger partial charge in [0, 0.05) is 38.6 Å². The number of nitrogens with zero attached hydrogens (tertiary/aromatic N) is 2. The van der Waals surface area contributed by atoms with Crippen LogP contribution in [-0.2, 0) is 11.2 Å². The summed E-state index contributed by atoms with van der Waals surface area (Å²) in [4.78, 5) is 16.3. The van der Waals surface area contributed by atoms with Crippen molar-refractivity contribution < 1.29 is 15.0 Å². The zero-order valence-electron chi connectivity index (χ0n) is 13.2. The van der Waals surface area contributed by atoms with Crippen LogP contribution in [0.15, 0.2) is 30.3 Å². The molecule has 0 radical (unpaired) electrons. The zero-order valence-corrected chi connectivity index (χ0v) is 13.2. The first-order valence-corrected chi connectivity index (χ1v) is 7.97. The van der Waals surface area contributed by atoms with E-state index in [0.717, 1.165) is 25.1 Å². The SMILES string of the molecule is C[C@@H](CO)N1CCCN(C(=O)[C@@H](O)Cc2ccccc2)CC1. The lowest BCUT2D eigenvalue weighted by atomic mass is 10.1. The molecule has 2 atom stereocenters. The van der Waals surface area contributed by atoms with Crippen molar-refractivity contribution in [1.29, 1.82) is 0 Å². The smallest absolute Gasteiger partial charge is 0.251 e. The minimum atomic E-state index is -0.982. The van der Waals surface area contributed by atoms with Crippen LogP contribution in [0.2, 0.25) is 0 Å². The number of aliphatic hydroxyl groups is 2. The molecule has 1 aliphatic rings. The third-order valence-corrected chi connectivity index (χ3v) is 4.29. The van der Waals surface area contributed by atoms with Gasteiger partial charge in [-0.15, -0.1) is 0 Å². The summed E-state index contributed by atoms with van der Waals surface area (Å²) in [6.07, 6.45) is 0.241. The fraction of sp³-hybridized carbons (Fsp3) is 0.588. The largest absolute Gasteiger partial charge is 0.395 e. The average molecular weight is 306 g/mol. The lowest BCUT2D eigenvalue weighted by Gasteiger charge is -2.27. The minimum Gasteiger partial charge on any atom is -0.395 e. The summed E-state index contributed by atoms with van der Waals surface area (Å²) < 4.78 is 0. The molecule has 0 spiro atoms. The van der Waals surface area contributed by atoms with Gasteiger partial charge in [-0.3, -0.25) is 9.69 Å². The number of amides is 1. The van der Waals surface area contributed by atoms with Crippen molar-refractivity contribution in [3.63, 3.8) is 0 Å². The number of carbonyl (C=O) groups is 1. The molecule has 0 aliphatic carbocycles. The third-order valence-electron chi connectivity index (χ3n) is 4.29. The predicted octanol–water partition coefficient (Wildman–Crippen LogP) is 0.505. The van der Waals surface area contributed by atoms with E-state index in [2.05, 4.69) is 4.90 Å². The van der Waals surface area contributed by atoms with Crippen LogP contribution < -0.4 is 0 Å². The van der Waals surface area contributed by atoms with E-state index in [1.165, 1.54) is 0 Å². The molecule has 0 bridgehead atoms. The van der Waals surface area contributed by atoms with E-state index in [1.54, 1.807) is 4.90 Å². The van der Waals surface area contributed by atoms with Gasteiger partial charge in [0.25, 0.3) is 5.91 Å². The molecule has 22 heavy (non-hydrogen) atoms. The molecule has 1 aliphatic heterocycles. The Balaban J connectivity index is 1.89. The van der Waals surface area contributed by atoms with Gasteiger partial charge < -0.3 is 15.1 Å². The Labute approximate surface area is 132 Å². The normalized spacial score (nSPS) is 19.5. The Kier molecular flexibility index (Phi) is 6.36. The van der Waals surface area contributed by atoms with E-state index in [9.17, 15) is 15.0 Å². The van der Waals surface area contributed by atoms with Gasteiger partial charge in [-0.2, -0.15) is 0 Å². The van der Waals surface area contributed by atoms with Crippen LogP contribution in [-0.4, -0.2) is 70.9 Å². The number of carbonyl (C=O) groups excluding carboxylic acids is 1. The molecule has 2 rings (SSSR count). The standard InChI is InChI=1S/C17H26N2O3/c1-14(13-20)18-8-5-9-19(11-10-18)17(22)16(21)12-15-6-3-2-4-7-15/h2-4,6-7,14,16,20-21H,5,8-13H2,1H3/t14-,16-/m0/s1. The Morgan fingerprint density at radius 1 is 1.18 bits per heavy atom. The molecule has 1 aromatic carbocycles. The maximum atomic E-state index is 12.4. The van der Waals surface area contributed by atoms with Crippen molar-refractivity contribution in [1.82, 2.24) is 9.80 Å². The quantitative estimate of drug-likeness (QED) is 0.832. The van der Waals surface area contributed by atoms with Crippen LogP contribution in [0.3, 0.4) is 0 Å². The molecule has 1 aromatic rings. The predicted molar refractivity (Wildman–Crippen MR) is 85.5 cm³/mol. The van der Waals surface area contributed by atoms with E-state index < -0.39 is 6.10 Å². The van der Waals surface area contributed by atoms with Crippen molar-refractivity contribution in [2.45, 2.75) is 31.9 Å². The van der Waals surface area contributed by atoms with Gasteiger partial charge in [-0.05, 0) is 18.9 Å². The van der Waals surface area contributed by atoms with Crippen molar-refractivity contribution in [3.05, 3.63) is 35.9 Å². The van der Waals surface area contributed by atoms with Crippen molar-refractivity contribution in [2.24, 2.45) is 0 Å². The summed E-state index contributed by atoms with van der Waals surface area (Å²) >= 11 is 0. The van der Waals surface area contributed by atoms with Gasteiger partial charge in [0.1, 0.15) is 6.10 Å². The zero-order chi connectivity index (χ0) is 15.9. The fourth-order valence-electron chi connectivity index (χ4n) is 2.85. The average Bonchev–Trinajstić information content (AvgIpc) is 2.80. The third kappa shape index (κ3) is 4.53. The van der Waals surface area contributed by atoms with Crippen LogP contribution in [0.5, 0.6) is 0 Å². The molecule has 0 saturated carbocycles. The van der Waals surface area contributed by atoms with Crippen LogP contribution in [0.1, 0.15) is 18.9 Å². The van der Waals surface area contributed by atoms with Gasteiger partial charge in [-0.1, -0.05) is 30.3 Å². The second-order valence-corrected chi connectivity index (χ2v) is 5.95. The topological polar surface area (TPSA) is 64.0 Å². The highest BCUT2D eigenvalue weighted by molar-refractivity contribution is 5.81. The molecule has 1 heterocycles. The van der Waals surface area contributed by atoms with E-state index >= 15 is 0 Å². The van der Waals surface area contributed by atoms with E-state index in [1.807, 2.05) is 37.3 Å². The number of hydrogen-bond donors (Lipinski definition) is 2. The summed E-state index contributed by atoms with van der Waals surface area (Å²) in [5, 5.41) is 19.4. The van der Waals surface area contributed by atoms with E-state index in [0.29, 0.717) is 19.5 Å². The molecular formula is C17H26N2O3. The van der Waals surface area contributed by atoms with Gasteiger partial charge in [0.05, 0.1) is 6.61 Å². The molecule has 2 N–H and O–H groups in total. The molecule has 5 nitrogen and oxygen atoms in total. The number of benzene rings is 1.